The van der Waals surface area contributed by atoms with Gasteiger partial charge in [-0.1, -0.05) is 29.8 Å². The number of benzene rings is 3. The van der Waals surface area contributed by atoms with Crippen LogP contribution >= 0.6 is 27.5 Å². The van der Waals surface area contributed by atoms with Gasteiger partial charge in [0.25, 0.3) is 5.91 Å². The number of hydrogen-bond donors (Lipinski definition) is 1. The number of amides is 1. The van der Waals surface area contributed by atoms with Gasteiger partial charge in [-0.05, 0) is 75.6 Å². The van der Waals surface area contributed by atoms with Crippen molar-refractivity contribution in [3.8, 4) is 0 Å². The van der Waals surface area contributed by atoms with Gasteiger partial charge in [0.05, 0.1) is 30.4 Å². The van der Waals surface area contributed by atoms with E-state index in [1.807, 2.05) is 37.2 Å². The quantitative estimate of drug-likeness (QED) is 0.312. The van der Waals surface area contributed by atoms with E-state index in [-0.39, 0.29) is 6.54 Å². The summed E-state index contributed by atoms with van der Waals surface area (Å²) in [6.45, 7) is 0.147. The zero-order valence-corrected chi connectivity index (χ0v) is 22.0. The second kappa shape index (κ2) is 11.0. The SMILES string of the molecule is CN(C)c1ccc(/C=N\NC(=O)c2ccc(N(Cc3ccc(Cl)cc3)S(C)(=O)=O)cc2)cc1Br. The van der Waals surface area contributed by atoms with Gasteiger partial charge in [-0.15, -0.1) is 0 Å². The molecule has 3 aromatic rings. The molecular formula is C24H24BrClN4O3S. The molecule has 0 aliphatic rings. The largest absolute Gasteiger partial charge is 0.377 e. The summed E-state index contributed by atoms with van der Waals surface area (Å²) in [4.78, 5) is 14.4. The van der Waals surface area contributed by atoms with Crippen LogP contribution in [0.25, 0.3) is 0 Å². The van der Waals surface area contributed by atoms with E-state index < -0.39 is 15.9 Å². The van der Waals surface area contributed by atoms with E-state index in [1.165, 1.54) is 4.31 Å². The van der Waals surface area contributed by atoms with Crippen LogP contribution in [-0.2, 0) is 16.6 Å². The van der Waals surface area contributed by atoms with Gasteiger partial charge in [-0.3, -0.25) is 9.10 Å². The third kappa shape index (κ3) is 6.82. The highest BCUT2D eigenvalue weighted by Crippen LogP contribution is 2.25. The third-order valence-corrected chi connectivity index (χ3v) is 6.92. The average Bonchev–Trinajstić information content (AvgIpc) is 2.78. The maximum Gasteiger partial charge on any atom is 0.271 e. The molecule has 0 radical (unpaired) electrons. The summed E-state index contributed by atoms with van der Waals surface area (Å²) in [5, 5.41) is 4.59. The van der Waals surface area contributed by atoms with Crippen molar-refractivity contribution in [3.63, 3.8) is 0 Å². The Morgan fingerprint density at radius 1 is 1.06 bits per heavy atom. The zero-order chi connectivity index (χ0) is 24.9. The number of nitrogens with one attached hydrogen (secondary N) is 1. The summed E-state index contributed by atoms with van der Waals surface area (Å²) in [6, 6.07) is 19.0. The van der Waals surface area contributed by atoms with Crippen LogP contribution in [0.2, 0.25) is 5.02 Å². The lowest BCUT2D eigenvalue weighted by molar-refractivity contribution is 0.0955. The van der Waals surface area contributed by atoms with Crippen molar-refractivity contribution in [1.82, 2.24) is 5.43 Å². The first kappa shape index (κ1) is 25.7. The van der Waals surface area contributed by atoms with Crippen molar-refractivity contribution in [2.24, 2.45) is 5.10 Å². The Balaban J connectivity index is 1.69. The number of hydrazone groups is 1. The molecule has 0 fully saturated rings. The highest BCUT2D eigenvalue weighted by atomic mass is 79.9. The van der Waals surface area contributed by atoms with Crippen molar-refractivity contribution in [3.05, 3.63) is 92.9 Å². The maximum absolute atomic E-state index is 12.5. The Kier molecular flexibility index (Phi) is 8.35. The molecule has 7 nitrogen and oxygen atoms in total. The minimum Gasteiger partial charge on any atom is -0.377 e. The van der Waals surface area contributed by atoms with Gasteiger partial charge in [-0.25, -0.2) is 13.8 Å². The predicted molar refractivity (Wildman–Crippen MR) is 142 cm³/mol. The fraction of sp³-hybridized carbons (Fsp3) is 0.167. The molecule has 178 valence electrons. The molecule has 0 atom stereocenters. The van der Waals surface area contributed by atoms with Gasteiger partial charge < -0.3 is 4.90 Å². The van der Waals surface area contributed by atoms with Gasteiger partial charge in [0.1, 0.15) is 0 Å². The van der Waals surface area contributed by atoms with Crippen molar-refractivity contribution >= 4 is 61.1 Å². The van der Waals surface area contributed by atoms with Gasteiger partial charge in [0.15, 0.2) is 0 Å². The first-order valence-corrected chi connectivity index (χ1v) is 13.2. The Morgan fingerprint density at radius 2 is 1.71 bits per heavy atom. The molecule has 0 aromatic heterocycles. The monoisotopic (exact) mass is 562 g/mol. The van der Waals surface area contributed by atoms with Gasteiger partial charge >= 0.3 is 0 Å². The van der Waals surface area contributed by atoms with Crippen molar-refractivity contribution in [2.75, 3.05) is 29.6 Å². The molecule has 0 unspecified atom stereocenters. The van der Waals surface area contributed by atoms with Crippen LogP contribution in [0.5, 0.6) is 0 Å². The minimum absolute atomic E-state index is 0.147. The predicted octanol–water partition coefficient (Wildman–Crippen LogP) is 4.90. The maximum atomic E-state index is 12.5. The number of sulfonamides is 1. The van der Waals surface area contributed by atoms with Gasteiger partial charge in [0, 0.05) is 29.2 Å². The van der Waals surface area contributed by atoms with Crippen LogP contribution in [-0.4, -0.2) is 40.9 Å². The van der Waals surface area contributed by atoms with E-state index in [9.17, 15) is 13.2 Å². The van der Waals surface area contributed by atoms with E-state index in [0.717, 1.165) is 27.5 Å². The first-order chi connectivity index (χ1) is 16.0. The Hall–Kier alpha value is -2.88. The molecule has 0 aliphatic heterocycles. The number of carbonyl (C=O) groups is 1. The Bertz CT molecular complexity index is 1290. The molecule has 1 amide bonds. The molecule has 0 heterocycles. The number of nitrogens with zero attached hydrogens (tertiary/aromatic N) is 3. The molecule has 1 N–H and O–H groups in total. The van der Waals surface area contributed by atoms with E-state index in [0.29, 0.717) is 16.3 Å². The third-order valence-electron chi connectivity index (χ3n) is 4.89. The van der Waals surface area contributed by atoms with Crippen LogP contribution in [0, 0.1) is 0 Å². The molecule has 0 saturated carbocycles. The lowest BCUT2D eigenvalue weighted by Gasteiger charge is -2.22. The normalized spacial score (nSPS) is 11.4. The molecule has 3 rings (SSSR count). The Morgan fingerprint density at radius 3 is 2.26 bits per heavy atom. The van der Waals surface area contributed by atoms with Gasteiger partial charge in [0.2, 0.25) is 10.0 Å². The summed E-state index contributed by atoms with van der Waals surface area (Å²) in [5.41, 5.74) is 5.92. The zero-order valence-electron chi connectivity index (χ0n) is 18.9. The standard InChI is InChI=1S/C24H24BrClN4O3S/c1-29(2)23-13-6-18(14-22(23)25)15-27-28-24(31)19-7-11-21(12-8-19)30(34(3,32)33)16-17-4-9-20(26)10-5-17/h4-15H,16H2,1-3H3,(H,28,31)/b27-15-. The minimum atomic E-state index is -3.55. The van der Waals surface area contributed by atoms with Crippen LogP contribution in [0.3, 0.4) is 0 Å². The summed E-state index contributed by atoms with van der Waals surface area (Å²) in [7, 11) is 0.354. The van der Waals surface area contributed by atoms with Crippen LogP contribution in [0.1, 0.15) is 21.5 Å². The lowest BCUT2D eigenvalue weighted by atomic mass is 10.2. The highest BCUT2D eigenvalue weighted by molar-refractivity contribution is 9.10. The van der Waals surface area contributed by atoms with Crippen molar-refractivity contribution in [2.45, 2.75) is 6.54 Å². The van der Waals surface area contributed by atoms with Crippen molar-refractivity contribution < 1.29 is 13.2 Å². The summed E-state index contributed by atoms with van der Waals surface area (Å²) >= 11 is 9.43. The Labute approximate surface area is 213 Å². The van der Waals surface area contributed by atoms with E-state index >= 15 is 0 Å². The molecule has 0 spiro atoms. The highest BCUT2D eigenvalue weighted by Gasteiger charge is 2.18. The summed E-state index contributed by atoms with van der Waals surface area (Å²) in [6.07, 6.45) is 2.69. The topological polar surface area (TPSA) is 82.1 Å². The number of hydrogen-bond acceptors (Lipinski definition) is 5. The van der Waals surface area contributed by atoms with E-state index in [4.69, 9.17) is 11.6 Å². The number of carbonyl (C=O) groups excluding carboxylic acids is 1. The van der Waals surface area contributed by atoms with Crippen molar-refractivity contribution in [1.29, 1.82) is 0 Å². The average molecular weight is 564 g/mol. The van der Waals surface area contributed by atoms with E-state index in [1.54, 1.807) is 54.7 Å². The number of anilines is 2. The molecule has 0 saturated heterocycles. The van der Waals surface area contributed by atoms with Crippen LogP contribution < -0.4 is 14.6 Å². The number of rotatable bonds is 8. The second-order valence-electron chi connectivity index (χ2n) is 7.75. The summed E-state index contributed by atoms with van der Waals surface area (Å²) < 4.78 is 26.9. The molecule has 34 heavy (non-hydrogen) atoms. The van der Waals surface area contributed by atoms with Crippen LogP contribution in [0.15, 0.2) is 76.3 Å². The smallest absolute Gasteiger partial charge is 0.271 e. The molecule has 10 heteroatoms. The molecular weight excluding hydrogens is 540 g/mol. The molecule has 0 aliphatic carbocycles. The lowest BCUT2D eigenvalue weighted by Crippen LogP contribution is -2.29. The van der Waals surface area contributed by atoms with Gasteiger partial charge in [-0.2, -0.15) is 5.10 Å². The molecule has 3 aromatic carbocycles. The first-order valence-electron chi connectivity index (χ1n) is 10.2. The fourth-order valence-corrected chi connectivity index (χ4v) is 4.90. The number of halogens is 2. The fourth-order valence-electron chi connectivity index (χ4n) is 3.13. The van der Waals surface area contributed by atoms with E-state index in [2.05, 4.69) is 26.5 Å². The summed E-state index contributed by atoms with van der Waals surface area (Å²) in [5.74, 6) is -0.407. The molecule has 0 bridgehead atoms. The second-order valence-corrected chi connectivity index (χ2v) is 10.9. The van der Waals surface area contributed by atoms with Crippen LogP contribution in [0.4, 0.5) is 11.4 Å².